The molecule has 3 atom stereocenters. The number of benzene rings is 1. The lowest BCUT2D eigenvalue weighted by Gasteiger charge is -2.37. The van der Waals surface area contributed by atoms with E-state index in [2.05, 4.69) is 11.4 Å². The van der Waals surface area contributed by atoms with Crippen LogP contribution in [0, 0.1) is 5.92 Å². The molecule has 88 valence electrons. The van der Waals surface area contributed by atoms with E-state index in [-0.39, 0.29) is 11.8 Å². The van der Waals surface area contributed by atoms with Crippen molar-refractivity contribution in [1.82, 2.24) is 0 Å². The first kappa shape index (κ1) is 10.7. The molecule has 1 aliphatic heterocycles. The maximum Gasteiger partial charge on any atom is 0.0698 e. The number of hydrogen-bond donors (Lipinski definition) is 1. The van der Waals surface area contributed by atoms with Gasteiger partial charge in [-0.1, -0.05) is 23.8 Å². The second kappa shape index (κ2) is 3.77. The third-order valence-corrected chi connectivity index (χ3v) is 3.81. The SMILES string of the molecule is O=C([O-])[C@@H]1Nc2ccc(Cl)cc2[C@@H]2C=CC[C@@H]12. The van der Waals surface area contributed by atoms with Crippen molar-refractivity contribution in [3.63, 3.8) is 0 Å². The van der Waals surface area contributed by atoms with Crippen molar-refractivity contribution in [2.75, 3.05) is 5.32 Å². The number of fused-ring (bicyclic) bond motifs is 3. The Bertz CT molecular complexity index is 512. The molecule has 0 bridgehead atoms. The minimum Gasteiger partial charge on any atom is -0.548 e. The van der Waals surface area contributed by atoms with Crippen LogP contribution in [0.3, 0.4) is 0 Å². The molecule has 1 aromatic rings. The Hall–Kier alpha value is -1.48. The Labute approximate surface area is 104 Å². The number of carbonyl (C=O) groups excluding carboxylic acids is 1. The first-order valence-electron chi connectivity index (χ1n) is 5.60. The molecule has 1 heterocycles. The van der Waals surface area contributed by atoms with Crippen molar-refractivity contribution in [2.45, 2.75) is 18.4 Å². The van der Waals surface area contributed by atoms with Crippen LogP contribution in [-0.2, 0) is 4.79 Å². The number of anilines is 1. The number of carboxylic acid groups (broad SMARTS) is 1. The summed E-state index contributed by atoms with van der Waals surface area (Å²) in [5, 5.41) is 14.9. The molecule has 0 saturated carbocycles. The fraction of sp³-hybridized carbons (Fsp3) is 0.308. The summed E-state index contributed by atoms with van der Waals surface area (Å²) in [7, 11) is 0. The normalized spacial score (nSPS) is 29.4. The number of halogens is 1. The average Bonchev–Trinajstić information content (AvgIpc) is 2.76. The Morgan fingerprint density at radius 2 is 2.29 bits per heavy atom. The maximum atomic E-state index is 11.1. The first-order valence-corrected chi connectivity index (χ1v) is 5.98. The van der Waals surface area contributed by atoms with Gasteiger partial charge >= 0.3 is 0 Å². The molecular weight excluding hydrogens is 238 g/mol. The highest BCUT2D eigenvalue weighted by molar-refractivity contribution is 6.30. The lowest BCUT2D eigenvalue weighted by atomic mass is 9.79. The van der Waals surface area contributed by atoms with Gasteiger partial charge in [0.2, 0.25) is 0 Å². The van der Waals surface area contributed by atoms with Crippen molar-refractivity contribution in [2.24, 2.45) is 5.92 Å². The molecule has 0 amide bonds. The number of allylic oxidation sites excluding steroid dienone is 2. The van der Waals surface area contributed by atoms with Crippen molar-refractivity contribution in [3.8, 4) is 0 Å². The van der Waals surface area contributed by atoms with E-state index in [1.54, 1.807) is 6.07 Å². The van der Waals surface area contributed by atoms with Crippen LogP contribution in [0.2, 0.25) is 5.02 Å². The standard InChI is InChI=1S/C13H12ClNO2/c14-7-4-5-11-10(6-7)8-2-1-3-9(8)12(15-11)13(16)17/h1-2,4-6,8-9,12,15H,3H2,(H,16,17)/p-1/t8-,9-,12-/m1/s1. The summed E-state index contributed by atoms with van der Waals surface area (Å²) < 4.78 is 0. The van der Waals surface area contributed by atoms with Crippen molar-refractivity contribution in [1.29, 1.82) is 0 Å². The van der Waals surface area contributed by atoms with Gasteiger partial charge in [-0.3, -0.25) is 0 Å². The summed E-state index contributed by atoms with van der Waals surface area (Å²) >= 11 is 5.99. The van der Waals surface area contributed by atoms with Gasteiger partial charge in [-0.25, -0.2) is 0 Å². The monoisotopic (exact) mass is 248 g/mol. The van der Waals surface area contributed by atoms with E-state index in [0.29, 0.717) is 5.02 Å². The van der Waals surface area contributed by atoms with Crippen molar-refractivity contribution < 1.29 is 9.90 Å². The molecule has 4 heteroatoms. The highest BCUT2D eigenvalue weighted by atomic mass is 35.5. The molecule has 0 saturated heterocycles. The van der Waals surface area contributed by atoms with E-state index in [0.717, 1.165) is 17.7 Å². The second-order valence-electron chi connectivity index (χ2n) is 4.53. The Morgan fingerprint density at radius 3 is 3.06 bits per heavy atom. The third kappa shape index (κ3) is 1.62. The van der Waals surface area contributed by atoms with Crippen LogP contribution in [0.4, 0.5) is 5.69 Å². The van der Waals surface area contributed by atoms with Crippen LogP contribution in [0.1, 0.15) is 17.9 Å². The minimum atomic E-state index is -1.04. The number of nitrogens with one attached hydrogen (secondary N) is 1. The second-order valence-corrected chi connectivity index (χ2v) is 4.96. The predicted octanol–water partition coefficient (Wildman–Crippen LogP) is 1.54. The molecule has 0 radical (unpaired) electrons. The van der Waals surface area contributed by atoms with E-state index < -0.39 is 12.0 Å². The van der Waals surface area contributed by atoms with Crippen LogP contribution in [0.15, 0.2) is 30.4 Å². The number of carbonyl (C=O) groups is 1. The van der Waals surface area contributed by atoms with Gasteiger partial charge in [0, 0.05) is 16.6 Å². The smallest absolute Gasteiger partial charge is 0.0698 e. The van der Waals surface area contributed by atoms with E-state index in [1.165, 1.54) is 0 Å². The van der Waals surface area contributed by atoms with Gasteiger partial charge in [0.15, 0.2) is 0 Å². The highest BCUT2D eigenvalue weighted by Crippen LogP contribution is 2.45. The molecule has 3 nitrogen and oxygen atoms in total. The predicted molar refractivity (Wildman–Crippen MR) is 63.9 cm³/mol. The molecule has 0 fully saturated rings. The van der Waals surface area contributed by atoms with E-state index in [4.69, 9.17) is 11.6 Å². The van der Waals surface area contributed by atoms with Crippen LogP contribution >= 0.6 is 11.6 Å². The molecule has 0 unspecified atom stereocenters. The summed E-state index contributed by atoms with van der Waals surface area (Å²) in [6.07, 6.45) is 4.86. The van der Waals surface area contributed by atoms with E-state index in [1.807, 2.05) is 18.2 Å². The van der Waals surface area contributed by atoms with Gasteiger partial charge in [-0.15, -0.1) is 0 Å². The average molecular weight is 249 g/mol. The minimum absolute atomic E-state index is 0.0333. The number of rotatable bonds is 1. The fourth-order valence-corrected chi connectivity index (χ4v) is 2.98. The largest absolute Gasteiger partial charge is 0.548 e. The molecule has 1 aliphatic carbocycles. The van der Waals surface area contributed by atoms with E-state index >= 15 is 0 Å². The number of hydrogen-bond acceptors (Lipinski definition) is 3. The number of carboxylic acids is 1. The summed E-state index contributed by atoms with van der Waals surface area (Å²) in [6.45, 7) is 0. The quantitative estimate of drug-likeness (QED) is 0.767. The van der Waals surface area contributed by atoms with Crippen LogP contribution in [0.25, 0.3) is 0 Å². The van der Waals surface area contributed by atoms with Crippen LogP contribution < -0.4 is 10.4 Å². The summed E-state index contributed by atoms with van der Waals surface area (Å²) in [5.74, 6) is -0.872. The third-order valence-electron chi connectivity index (χ3n) is 3.58. The molecule has 17 heavy (non-hydrogen) atoms. The van der Waals surface area contributed by atoms with Crippen LogP contribution in [-0.4, -0.2) is 12.0 Å². The van der Waals surface area contributed by atoms with Gasteiger partial charge in [-0.05, 0) is 36.1 Å². The zero-order valence-electron chi connectivity index (χ0n) is 9.02. The molecule has 1 N–H and O–H groups in total. The van der Waals surface area contributed by atoms with Gasteiger partial charge in [0.25, 0.3) is 0 Å². The molecule has 0 aromatic heterocycles. The van der Waals surface area contributed by atoms with Crippen molar-refractivity contribution in [3.05, 3.63) is 40.9 Å². The van der Waals surface area contributed by atoms with Gasteiger partial charge in [-0.2, -0.15) is 0 Å². The van der Waals surface area contributed by atoms with Gasteiger partial charge in [0.1, 0.15) is 0 Å². The maximum absolute atomic E-state index is 11.1. The zero-order valence-corrected chi connectivity index (χ0v) is 9.78. The summed E-state index contributed by atoms with van der Waals surface area (Å²) in [6, 6.07) is 4.88. The van der Waals surface area contributed by atoms with Crippen molar-refractivity contribution >= 4 is 23.3 Å². The fourth-order valence-electron chi connectivity index (χ4n) is 2.80. The highest BCUT2D eigenvalue weighted by Gasteiger charge is 2.37. The Kier molecular flexibility index (Phi) is 2.37. The van der Waals surface area contributed by atoms with E-state index in [9.17, 15) is 9.90 Å². The lowest BCUT2D eigenvalue weighted by molar-refractivity contribution is -0.308. The molecule has 3 rings (SSSR count). The van der Waals surface area contributed by atoms with Gasteiger partial charge < -0.3 is 15.2 Å². The Balaban J connectivity index is 2.09. The lowest BCUT2D eigenvalue weighted by Crippen LogP contribution is -2.48. The molecule has 0 spiro atoms. The Morgan fingerprint density at radius 1 is 1.47 bits per heavy atom. The topological polar surface area (TPSA) is 52.2 Å². The number of aliphatic carboxylic acids is 1. The van der Waals surface area contributed by atoms with Crippen LogP contribution in [0.5, 0.6) is 0 Å². The first-order chi connectivity index (χ1) is 8.16. The molecule has 1 aromatic carbocycles. The summed E-state index contributed by atoms with van der Waals surface area (Å²) in [4.78, 5) is 11.1. The summed E-state index contributed by atoms with van der Waals surface area (Å²) in [5.41, 5.74) is 1.92. The van der Waals surface area contributed by atoms with Gasteiger partial charge in [0.05, 0.1) is 12.0 Å². The zero-order chi connectivity index (χ0) is 12.0. The molecular formula is C13H11ClNO2-. The molecule has 2 aliphatic rings.